The zero-order chi connectivity index (χ0) is 18.4. The van der Waals surface area contributed by atoms with Gasteiger partial charge in [0, 0.05) is 19.9 Å². The van der Waals surface area contributed by atoms with E-state index in [0.717, 1.165) is 12.2 Å². The number of hydrogen-bond acceptors (Lipinski definition) is 3. The first-order valence-corrected chi connectivity index (χ1v) is 11.7. The topological polar surface area (TPSA) is 0 Å². The second kappa shape index (κ2) is 7.17. The highest BCUT2D eigenvalue weighted by molar-refractivity contribution is 8.18. The van der Waals surface area contributed by atoms with E-state index in [1.807, 2.05) is 23.1 Å². The molecule has 0 fully saturated rings. The minimum atomic E-state index is 0.188. The number of aryl methyl sites for hydroxylation is 3. The highest BCUT2D eigenvalue weighted by Gasteiger charge is 2.24. The number of fused-ring (bicyclic) bond motifs is 3. The molecule has 0 saturated carbocycles. The van der Waals surface area contributed by atoms with Gasteiger partial charge in [-0.3, -0.25) is 0 Å². The number of rotatable bonds is 5. The van der Waals surface area contributed by atoms with Crippen molar-refractivity contribution < 1.29 is 0 Å². The van der Waals surface area contributed by atoms with E-state index < -0.39 is 0 Å². The van der Waals surface area contributed by atoms with Gasteiger partial charge in [-0.2, -0.15) is 0 Å². The van der Waals surface area contributed by atoms with Crippen LogP contribution in [0.4, 0.5) is 0 Å². The highest BCUT2D eigenvalue weighted by Crippen LogP contribution is 2.48. The number of hydrogen-bond donors (Lipinski definition) is 0. The fraction of sp³-hybridized carbons (Fsp3) is 0.455. The van der Waals surface area contributed by atoms with E-state index in [0.29, 0.717) is 0 Å². The molecule has 3 heteroatoms. The standard InChI is InChI=1S/C22H28S3/c1-8-16-13(3)10-18-19(21(16)25-22(6,7)23-9-2)11-14(4)17-12-15(5)24-20(17)18/h10-12H,8-9H2,1-7H3. The second-order valence-electron chi connectivity index (χ2n) is 7.18. The van der Waals surface area contributed by atoms with E-state index >= 15 is 0 Å². The summed E-state index contributed by atoms with van der Waals surface area (Å²) in [5.41, 5.74) is 4.36. The Labute approximate surface area is 164 Å². The smallest absolute Gasteiger partial charge is 0.0602 e. The Hall–Kier alpha value is -0.640. The van der Waals surface area contributed by atoms with Crippen molar-refractivity contribution in [3.05, 3.63) is 39.8 Å². The molecule has 0 spiro atoms. The molecule has 3 aromatic rings. The Morgan fingerprint density at radius 3 is 2.24 bits per heavy atom. The van der Waals surface area contributed by atoms with Gasteiger partial charge in [0.2, 0.25) is 0 Å². The lowest BCUT2D eigenvalue weighted by Crippen LogP contribution is -2.10. The zero-order valence-corrected chi connectivity index (χ0v) is 18.8. The molecule has 1 heterocycles. The molecule has 2 aromatic carbocycles. The number of benzene rings is 2. The molecular weight excluding hydrogens is 360 g/mol. The van der Waals surface area contributed by atoms with Gasteiger partial charge in [-0.1, -0.05) is 13.8 Å². The minimum absolute atomic E-state index is 0.188. The summed E-state index contributed by atoms with van der Waals surface area (Å²) in [5, 5.41) is 4.31. The van der Waals surface area contributed by atoms with Crippen molar-refractivity contribution in [2.75, 3.05) is 5.75 Å². The van der Waals surface area contributed by atoms with Gasteiger partial charge in [0.15, 0.2) is 0 Å². The van der Waals surface area contributed by atoms with Gasteiger partial charge in [0.05, 0.1) is 4.08 Å². The van der Waals surface area contributed by atoms with Crippen molar-refractivity contribution in [1.82, 2.24) is 0 Å². The van der Waals surface area contributed by atoms with Crippen LogP contribution in [0.5, 0.6) is 0 Å². The molecule has 0 aliphatic heterocycles. The molecule has 25 heavy (non-hydrogen) atoms. The van der Waals surface area contributed by atoms with Crippen LogP contribution in [0.15, 0.2) is 23.1 Å². The summed E-state index contributed by atoms with van der Waals surface area (Å²) in [4.78, 5) is 2.90. The fourth-order valence-corrected chi connectivity index (χ4v) is 7.50. The molecule has 0 bridgehead atoms. The summed E-state index contributed by atoms with van der Waals surface area (Å²) in [6, 6.07) is 7.20. The predicted octanol–water partition coefficient (Wildman–Crippen LogP) is 8.12. The first-order chi connectivity index (χ1) is 11.8. The van der Waals surface area contributed by atoms with Gasteiger partial charge < -0.3 is 0 Å². The lowest BCUT2D eigenvalue weighted by molar-refractivity contribution is 1.01. The first kappa shape index (κ1) is 19.1. The molecule has 0 N–H and O–H groups in total. The Balaban J connectivity index is 2.36. The van der Waals surface area contributed by atoms with E-state index in [4.69, 9.17) is 0 Å². The largest absolute Gasteiger partial charge is 0.145 e. The van der Waals surface area contributed by atoms with Gasteiger partial charge in [0.1, 0.15) is 0 Å². The SMILES string of the molecule is CCSC(C)(C)Sc1c(CC)c(C)cc2c1cc(C)c1cc(C)sc12. The van der Waals surface area contributed by atoms with Crippen LogP contribution in [-0.4, -0.2) is 9.83 Å². The van der Waals surface area contributed by atoms with Crippen molar-refractivity contribution in [1.29, 1.82) is 0 Å². The van der Waals surface area contributed by atoms with E-state index in [1.165, 1.54) is 47.3 Å². The number of thioether (sulfide) groups is 2. The molecule has 0 aliphatic rings. The summed E-state index contributed by atoms with van der Waals surface area (Å²) < 4.78 is 1.65. The third-order valence-electron chi connectivity index (χ3n) is 4.72. The second-order valence-corrected chi connectivity index (χ2v) is 12.2. The fourth-order valence-electron chi connectivity index (χ4n) is 3.66. The minimum Gasteiger partial charge on any atom is -0.145 e. The summed E-state index contributed by atoms with van der Waals surface area (Å²) in [6.07, 6.45) is 1.09. The molecule has 0 unspecified atom stereocenters. The van der Waals surface area contributed by atoms with E-state index in [2.05, 4.69) is 78.4 Å². The van der Waals surface area contributed by atoms with Crippen LogP contribution in [0.1, 0.15) is 49.3 Å². The van der Waals surface area contributed by atoms with Crippen LogP contribution >= 0.6 is 34.9 Å². The van der Waals surface area contributed by atoms with Crippen LogP contribution in [-0.2, 0) is 6.42 Å². The van der Waals surface area contributed by atoms with Crippen molar-refractivity contribution in [3.63, 3.8) is 0 Å². The van der Waals surface area contributed by atoms with Crippen LogP contribution in [0.3, 0.4) is 0 Å². The van der Waals surface area contributed by atoms with E-state index in [-0.39, 0.29) is 4.08 Å². The summed E-state index contributed by atoms with van der Waals surface area (Å²) in [7, 11) is 0. The van der Waals surface area contributed by atoms with Gasteiger partial charge >= 0.3 is 0 Å². The van der Waals surface area contributed by atoms with Gasteiger partial charge in [-0.05, 0) is 92.5 Å². The van der Waals surface area contributed by atoms with E-state index in [1.54, 1.807) is 0 Å². The zero-order valence-electron chi connectivity index (χ0n) is 16.4. The lowest BCUT2D eigenvalue weighted by atomic mass is 9.97. The van der Waals surface area contributed by atoms with Crippen LogP contribution in [0, 0.1) is 20.8 Å². The quantitative estimate of drug-likeness (QED) is 0.319. The van der Waals surface area contributed by atoms with Crippen molar-refractivity contribution in [2.45, 2.75) is 63.9 Å². The normalized spacial score (nSPS) is 12.4. The summed E-state index contributed by atoms with van der Waals surface area (Å²) >= 11 is 6.04. The third-order valence-corrected chi connectivity index (χ3v) is 8.56. The molecule has 0 radical (unpaired) electrons. The maximum absolute atomic E-state index is 2.43. The average molecular weight is 389 g/mol. The third kappa shape index (κ3) is 3.61. The van der Waals surface area contributed by atoms with Crippen molar-refractivity contribution in [2.24, 2.45) is 0 Å². The summed E-state index contributed by atoms with van der Waals surface area (Å²) in [6.45, 7) is 16.0. The van der Waals surface area contributed by atoms with Gasteiger partial charge in [0.25, 0.3) is 0 Å². The first-order valence-electron chi connectivity index (χ1n) is 9.06. The van der Waals surface area contributed by atoms with Crippen molar-refractivity contribution >= 4 is 55.7 Å². The Kier molecular flexibility index (Phi) is 5.49. The van der Waals surface area contributed by atoms with Crippen LogP contribution in [0.2, 0.25) is 0 Å². The molecule has 3 rings (SSSR count). The maximum Gasteiger partial charge on any atom is 0.0602 e. The summed E-state index contributed by atoms with van der Waals surface area (Å²) in [5.74, 6) is 1.15. The molecule has 0 amide bonds. The van der Waals surface area contributed by atoms with E-state index in [9.17, 15) is 0 Å². The molecular formula is C22H28S3. The molecule has 134 valence electrons. The maximum atomic E-state index is 2.43. The van der Waals surface area contributed by atoms with Gasteiger partial charge in [-0.15, -0.1) is 34.9 Å². The van der Waals surface area contributed by atoms with Gasteiger partial charge in [-0.25, -0.2) is 0 Å². The molecule has 0 aliphatic carbocycles. The average Bonchev–Trinajstić information content (AvgIpc) is 2.91. The number of thiophene rings is 1. The molecule has 0 nitrogen and oxygen atoms in total. The Morgan fingerprint density at radius 2 is 1.60 bits per heavy atom. The Morgan fingerprint density at radius 1 is 0.920 bits per heavy atom. The molecule has 1 aromatic heterocycles. The lowest BCUT2D eigenvalue weighted by Gasteiger charge is -2.26. The Bertz CT molecular complexity index is 932. The van der Waals surface area contributed by atoms with Crippen molar-refractivity contribution in [3.8, 4) is 0 Å². The molecule has 0 atom stereocenters. The monoisotopic (exact) mass is 388 g/mol. The highest BCUT2D eigenvalue weighted by atomic mass is 32.2. The predicted molar refractivity (Wildman–Crippen MR) is 121 cm³/mol. The van der Waals surface area contributed by atoms with Crippen LogP contribution < -0.4 is 0 Å². The van der Waals surface area contributed by atoms with Crippen LogP contribution in [0.25, 0.3) is 20.9 Å². The molecule has 0 saturated heterocycles.